The highest BCUT2D eigenvalue weighted by molar-refractivity contribution is 5.93. The minimum Gasteiger partial charge on any atom is -0.488 e. The molecule has 3 aromatic heterocycles. The molecule has 33 heavy (non-hydrogen) atoms. The molecular weight excluding hydrogens is 420 g/mol. The molecule has 5 heterocycles. The number of rotatable bonds is 6. The molecule has 2 aliphatic heterocycles. The van der Waals surface area contributed by atoms with Gasteiger partial charge in [-0.15, -0.1) is 0 Å². The first-order valence-electron chi connectivity index (χ1n) is 11.8. The van der Waals surface area contributed by atoms with E-state index in [9.17, 15) is 4.79 Å². The van der Waals surface area contributed by atoms with Gasteiger partial charge in [0.15, 0.2) is 11.6 Å². The van der Waals surface area contributed by atoms with Gasteiger partial charge in [0.05, 0.1) is 17.8 Å². The Hall–Kier alpha value is -2.91. The summed E-state index contributed by atoms with van der Waals surface area (Å²) >= 11 is 0. The van der Waals surface area contributed by atoms with E-state index in [1.54, 1.807) is 10.7 Å². The van der Waals surface area contributed by atoms with E-state index in [2.05, 4.69) is 33.5 Å². The van der Waals surface area contributed by atoms with Gasteiger partial charge < -0.3 is 14.8 Å². The number of carbonyl (C=O) groups is 1. The van der Waals surface area contributed by atoms with Gasteiger partial charge in [-0.2, -0.15) is 10.2 Å². The Labute approximate surface area is 192 Å². The Balaban J connectivity index is 1.21. The van der Waals surface area contributed by atoms with Crippen molar-refractivity contribution in [1.82, 2.24) is 24.3 Å². The number of hydrogen-bond acceptors (Lipinski definition) is 6. The van der Waals surface area contributed by atoms with Crippen molar-refractivity contribution in [3.8, 4) is 17.0 Å². The van der Waals surface area contributed by atoms with E-state index in [0.29, 0.717) is 23.9 Å². The number of aryl methyl sites for hydroxylation is 1. The fourth-order valence-corrected chi connectivity index (χ4v) is 5.44. The summed E-state index contributed by atoms with van der Waals surface area (Å²) in [7, 11) is 4.10. The molecule has 1 saturated carbocycles. The van der Waals surface area contributed by atoms with Crippen molar-refractivity contribution in [2.24, 2.45) is 18.4 Å². The van der Waals surface area contributed by atoms with Crippen LogP contribution in [0.4, 0.5) is 5.82 Å². The number of nitrogens with zero attached hydrogens (tertiary/aromatic N) is 5. The molecule has 1 aliphatic carbocycles. The van der Waals surface area contributed by atoms with Crippen LogP contribution in [0.3, 0.4) is 0 Å². The number of hydrogen-bond donors (Lipinski definition) is 1. The number of aromatic nitrogens is 4. The zero-order valence-corrected chi connectivity index (χ0v) is 19.2. The van der Waals surface area contributed by atoms with Crippen molar-refractivity contribution in [2.75, 3.05) is 38.7 Å². The molecule has 6 rings (SSSR count). The Morgan fingerprint density at radius 1 is 1.27 bits per heavy atom. The van der Waals surface area contributed by atoms with Gasteiger partial charge in [-0.3, -0.25) is 14.4 Å². The number of amides is 1. The fraction of sp³-hybridized carbons (Fsp3) is 0.542. The van der Waals surface area contributed by atoms with Crippen LogP contribution in [0.2, 0.25) is 0 Å². The molecule has 0 aromatic carbocycles. The van der Waals surface area contributed by atoms with E-state index < -0.39 is 0 Å². The predicted molar refractivity (Wildman–Crippen MR) is 123 cm³/mol. The Kier molecular flexibility index (Phi) is 4.92. The summed E-state index contributed by atoms with van der Waals surface area (Å²) < 4.78 is 15.6. The normalized spacial score (nSPS) is 22.4. The summed E-state index contributed by atoms with van der Waals surface area (Å²) in [5.41, 5.74) is 3.16. The first kappa shape index (κ1) is 20.7. The van der Waals surface area contributed by atoms with Crippen LogP contribution >= 0.6 is 0 Å². The predicted octanol–water partition coefficient (Wildman–Crippen LogP) is 2.57. The molecule has 9 nitrogen and oxygen atoms in total. The number of carbonyl (C=O) groups excluding carboxylic acids is 1. The number of nitrogens with one attached hydrogen (secondary N) is 1. The Bertz CT molecular complexity index is 1180. The minimum atomic E-state index is 0.0595. The van der Waals surface area contributed by atoms with Gasteiger partial charge in [0.1, 0.15) is 12.3 Å². The highest BCUT2D eigenvalue weighted by Gasteiger charge is 2.51. The van der Waals surface area contributed by atoms with Crippen molar-refractivity contribution < 1.29 is 14.3 Å². The lowest BCUT2D eigenvalue weighted by Gasteiger charge is -2.57. The van der Waals surface area contributed by atoms with Crippen LogP contribution in [-0.4, -0.2) is 69.7 Å². The second-order valence-corrected chi connectivity index (χ2v) is 9.78. The van der Waals surface area contributed by atoms with Crippen molar-refractivity contribution in [1.29, 1.82) is 0 Å². The maximum absolute atomic E-state index is 12.1. The molecule has 1 N–H and O–H groups in total. The molecule has 3 fully saturated rings. The van der Waals surface area contributed by atoms with Crippen molar-refractivity contribution in [2.45, 2.75) is 31.7 Å². The van der Waals surface area contributed by atoms with E-state index in [1.807, 2.05) is 30.1 Å². The van der Waals surface area contributed by atoms with Crippen LogP contribution in [-0.2, 0) is 16.6 Å². The third-order valence-electron chi connectivity index (χ3n) is 7.53. The van der Waals surface area contributed by atoms with Crippen molar-refractivity contribution >= 4 is 17.2 Å². The molecule has 3 aliphatic rings. The van der Waals surface area contributed by atoms with Gasteiger partial charge in [0.2, 0.25) is 5.91 Å². The standard InChI is InChI=1S/C24H30N6O3/c1-28-15-24(6-9-32-10-7-24)20(28)14-33-19-13-25-29(2)22(19)17-5-8-30-18(11-17)12-21(27-30)26-23(31)16-3-4-16/h5,8,11-13,16,20H,3-4,6-7,9-10,14-15H2,1-2H3,(H,26,27,31)/t20-/m0/s1. The number of anilines is 1. The summed E-state index contributed by atoms with van der Waals surface area (Å²) in [5.74, 6) is 1.57. The van der Waals surface area contributed by atoms with E-state index in [0.717, 1.165) is 68.0 Å². The second kappa shape index (κ2) is 7.85. The second-order valence-electron chi connectivity index (χ2n) is 9.78. The monoisotopic (exact) mass is 450 g/mol. The van der Waals surface area contributed by atoms with Gasteiger partial charge in [-0.1, -0.05) is 0 Å². The van der Waals surface area contributed by atoms with Gasteiger partial charge in [0, 0.05) is 56.0 Å². The fourth-order valence-electron chi connectivity index (χ4n) is 5.44. The zero-order chi connectivity index (χ0) is 22.6. The third kappa shape index (κ3) is 3.69. The molecule has 0 bridgehead atoms. The molecule has 1 amide bonds. The number of likely N-dealkylation sites (tertiary alicyclic amines) is 1. The van der Waals surface area contributed by atoms with Gasteiger partial charge in [0.25, 0.3) is 0 Å². The van der Waals surface area contributed by atoms with E-state index >= 15 is 0 Å². The van der Waals surface area contributed by atoms with E-state index in [4.69, 9.17) is 9.47 Å². The van der Waals surface area contributed by atoms with E-state index in [-0.39, 0.29) is 11.8 Å². The van der Waals surface area contributed by atoms with Gasteiger partial charge in [-0.05, 0) is 44.9 Å². The molecule has 0 radical (unpaired) electrons. The average Bonchev–Trinajstić information content (AvgIpc) is 3.49. The van der Waals surface area contributed by atoms with E-state index in [1.165, 1.54) is 0 Å². The van der Waals surface area contributed by atoms with Crippen LogP contribution in [0.1, 0.15) is 25.7 Å². The molecule has 2 saturated heterocycles. The lowest BCUT2D eigenvalue weighted by molar-refractivity contribution is -0.132. The third-order valence-corrected chi connectivity index (χ3v) is 7.53. The topological polar surface area (TPSA) is 85.9 Å². The van der Waals surface area contributed by atoms with Gasteiger partial charge >= 0.3 is 0 Å². The summed E-state index contributed by atoms with van der Waals surface area (Å²) in [6.45, 7) is 3.44. The van der Waals surface area contributed by atoms with Crippen molar-refractivity contribution in [3.63, 3.8) is 0 Å². The molecule has 1 spiro atoms. The Morgan fingerprint density at radius 3 is 2.85 bits per heavy atom. The van der Waals surface area contributed by atoms with Crippen LogP contribution in [0.25, 0.3) is 16.8 Å². The van der Waals surface area contributed by atoms with Crippen molar-refractivity contribution in [3.05, 3.63) is 30.6 Å². The molecule has 9 heteroatoms. The number of fused-ring (bicyclic) bond motifs is 1. The molecule has 0 unspecified atom stereocenters. The molecule has 174 valence electrons. The average molecular weight is 451 g/mol. The maximum Gasteiger partial charge on any atom is 0.228 e. The lowest BCUT2D eigenvalue weighted by Crippen LogP contribution is -2.66. The number of pyridine rings is 1. The molecule has 1 atom stereocenters. The van der Waals surface area contributed by atoms with Crippen LogP contribution < -0.4 is 10.1 Å². The number of ether oxygens (including phenoxy) is 2. The summed E-state index contributed by atoms with van der Waals surface area (Å²) in [6.07, 6.45) is 7.85. The largest absolute Gasteiger partial charge is 0.488 e. The highest BCUT2D eigenvalue weighted by atomic mass is 16.5. The van der Waals surface area contributed by atoms with Crippen LogP contribution in [0.5, 0.6) is 5.75 Å². The number of likely N-dealkylation sites (N-methyl/N-ethyl adjacent to an activating group) is 1. The highest BCUT2D eigenvalue weighted by Crippen LogP contribution is 2.45. The first-order chi connectivity index (χ1) is 16.0. The SMILES string of the molecule is CN1CC2(CCOCC2)[C@@H]1COc1cnn(C)c1-c1ccn2nc(NC(=O)C3CC3)cc2c1. The summed E-state index contributed by atoms with van der Waals surface area (Å²) in [5, 5.41) is 11.9. The summed E-state index contributed by atoms with van der Waals surface area (Å²) in [4.78, 5) is 14.5. The zero-order valence-electron chi connectivity index (χ0n) is 19.2. The molecule has 3 aromatic rings. The summed E-state index contributed by atoms with van der Waals surface area (Å²) in [6, 6.07) is 6.36. The lowest BCUT2D eigenvalue weighted by atomic mass is 9.67. The van der Waals surface area contributed by atoms with Gasteiger partial charge in [-0.25, -0.2) is 4.52 Å². The van der Waals surface area contributed by atoms with Crippen LogP contribution in [0, 0.1) is 11.3 Å². The van der Waals surface area contributed by atoms with Crippen LogP contribution in [0.15, 0.2) is 30.6 Å². The quantitative estimate of drug-likeness (QED) is 0.621. The maximum atomic E-state index is 12.1. The smallest absolute Gasteiger partial charge is 0.228 e. The minimum absolute atomic E-state index is 0.0595. The first-order valence-corrected chi connectivity index (χ1v) is 11.8. The Morgan fingerprint density at radius 2 is 2.09 bits per heavy atom. The molecular formula is C24H30N6O3.